The first-order chi connectivity index (χ1) is 9.08. The molecular formula is C14H20O5. The first-order valence-corrected chi connectivity index (χ1v) is 6.24. The first-order valence-electron chi connectivity index (χ1n) is 6.24. The summed E-state index contributed by atoms with van der Waals surface area (Å²) in [6, 6.07) is 4.72. The highest BCUT2D eigenvalue weighted by Gasteiger charge is 2.15. The van der Waals surface area contributed by atoms with Crippen molar-refractivity contribution in [3.8, 4) is 11.5 Å². The number of methoxy groups -OCH3 is 1. The maximum absolute atomic E-state index is 11.1. The van der Waals surface area contributed by atoms with Gasteiger partial charge in [0.1, 0.15) is 23.2 Å². The minimum Gasteiger partial charge on any atom is -0.493 e. The zero-order valence-electron chi connectivity index (χ0n) is 11.5. The van der Waals surface area contributed by atoms with E-state index in [2.05, 4.69) is 0 Å². The molecule has 0 fully saturated rings. The van der Waals surface area contributed by atoms with Gasteiger partial charge in [-0.2, -0.15) is 0 Å². The van der Waals surface area contributed by atoms with Crippen molar-refractivity contribution in [3.63, 3.8) is 0 Å². The average molecular weight is 268 g/mol. The fourth-order valence-corrected chi connectivity index (χ4v) is 1.57. The van der Waals surface area contributed by atoms with Crippen LogP contribution in [0.1, 0.15) is 30.6 Å². The summed E-state index contributed by atoms with van der Waals surface area (Å²) in [5.74, 6) is -0.126. The predicted octanol–water partition coefficient (Wildman–Crippen LogP) is 2.59. The van der Waals surface area contributed by atoms with Crippen LogP contribution in [-0.4, -0.2) is 37.5 Å². The van der Waals surface area contributed by atoms with Crippen molar-refractivity contribution in [2.45, 2.75) is 26.4 Å². The second-order valence-corrected chi connectivity index (χ2v) is 4.20. The number of hydrogen-bond donors (Lipinski definition) is 1. The Kier molecular flexibility index (Phi) is 6.15. The van der Waals surface area contributed by atoms with E-state index in [1.165, 1.54) is 6.07 Å². The number of aromatic carboxylic acids is 1. The fourth-order valence-electron chi connectivity index (χ4n) is 1.57. The molecule has 0 bridgehead atoms. The molecule has 1 aromatic rings. The number of carboxylic acids is 1. The van der Waals surface area contributed by atoms with Crippen LogP contribution in [-0.2, 0) is 4.74 Å². The van der Waals surface area contributed by atoms with Crippen molar-refractivity contribution in [3.05, 3.63) is 23.8 Å². The van der Waals surface area contributed by atoms with Crippen LogP contribution < -0.4 is 9.47 Å². The van der Waals surface area contributed by atoms with Crippen LogP contribution in [0.4, 0.5) is 0 Å². The summed E-state index contributed by atoms with van der Waals surface area (Å²) in [6.07, 6.45) is 0.654. The predicted molar refractivity (Wildman–Crippen MR) is 71.2 cm³/mol. The van der Waals surface area contributed by atoms with Crippen LogP contribution in [0.15, 0.2) is 18.2 Å². The van der Waals surface area contributed by atoms with Crippen molar-refractivity contribution < 1.29 is 24.1 Å². The van der Waals surface area contributed by atoms with Gasteiger partial charge in [0, 0.05) is 13.2 Å². The zero-order valence-corrected chi connectivity index (χ0v) is 11.5. The van der Waals surface area contributed by atoms with Gasteiger partial charge in [0.25, 0.3) is 0 Å². The summed E-state index contributed by atoms with van der Waals surface area (Å²) in [6.45, 7) is 4.79. The van der Waals surface area contributed by atoms with Gasteiger partial charge in [0.15, 0.2) is 0 Å². The van der Waals surface area contributed by atoms with Crippen LogP contribution in [0.25, 0.3) is 0 Å². The molecule has 1 atom stereocenters. The summed E-state index contributed by atoms with van der Waals surface area (Å²) in [5, 5.41) is 9.12. The second kappa shape index (κ2) is 7.63. The van der Waals surface area contributed by atoms with E-state index in [1.54, 1.807) is 19.2 Å². The smallest absolute Gasteiger partial charge is 0.339 e. The molecule has 0 aliphatic heterocycles. The van der Waals surface area contributed by atoms with Gasteiger partial charge in [-0.05, 0) is 25.5 Å². The highest BCUT2D eigenvalue weighted by atomic mass is 16.5. The summed E-state index contributed by atoms with van der Waals surface area (Å²) in [4.78, 5) is 11.1. The molecule has 1 N–H and O–H groups in total. The van der Waals surface area contributed by atoms with E-state index >= 15 is 0 Å². The van der Waals surface area contributed by atoms with Crippen LogP contribution in [0, 0.1) is 0 Å². The van der Waals surface area contributed by atoms with Gasteiger partial charge < -0.3 is 19.3 Å². The van der Waals surface area contributed by atoms with E-state index in [-0.39, 0.29) is 11.7 Å². The van der Waals surface area contributed by atoms with E-state index in [0.29, 0.717) is 24.7 Å². The molecule has 5 nitrogen and oxygen atoms in total. The Morgan fingerprint density at radius 3 is 2.74 bits per heavy atom. The molecule has 0 radical (unpaired) electrons. The van der Waals surface area contributed by atoms with Gasteiger partial charge in [-0.25, -0.2) is 4.79 Å². The Morgan fingerprint density at radius 2 is 2.16 bits per heavy atom. The minimum absolute atomic E-state index is 0.117. The molecule has 0 heterocycles. The quantitative estimate of drug-likeness (QED) is 0.785. The molecule has 0 amide bonds. The van der Waals surface area contributed by atoms with E-state index < -0.39 is 5.97 Å². The number of hydrogen-bond acceptors (Lipinski definition) is 4. The Balaban J connectivity index is 2.91. The highest BCUT2D eigenvalue weighted by molar-refractivity contribution is 5.91. The minimum atomic E-state index is -1.03. The number of ether oxygens (including phenoxy) is 3. The molecule has 0 saturated carbocycles. The van der Waals surface area contributed by atoms with Crippen LogP contribution in [0.5, 0.6) is 11.5 Å². The van der Waals surface area contributed by atoms with Gasteiger partial charge in [-0.1, -0.05) is 6.92 Å². The lowest BCUT2D eigenvalue weighted by molar-refractivity contribution is 0.0673. The fraction of sp³-hybridized carbons (Fsp3) is 0.500. The highest BCUT2D eigenvalue weighted by Crippen LogP contribution is 2.26. The van der Waals surface area contributed by atoms with Crippen molar-refractivity contribution in [1.29, 1.82) is 0 Å². The molecule has 1 aromatic carbocycles. The Morgan fingerprint density at radius 1 is 1.42 bits per heavy atom. The molecule has 19 heavy (non-hydrogen) atoms. The van der Waals surface area contributed by atoms with Gasteiger partial charge in [0.05, 0.1) is 13.2 Å². The summed E-state index contributed by atoms with van der Waals surface area (Å²) in [5.41, 5.74) is 0.117. The summed E-state index contributed by atoms with van der Waals surface area (Å²) >= 11 is 0. The molecule has 0 saturated heterocycles. The van der Waals surface area contributed by atoms with Crippen LogP contribution in [0.2, 0.25) is 0 Å². The summed E-state index contributed by atoms with van der Waals surface area (Å²) in [7, 11) is 1.57. The van der Waals surface area contributed by atoms with Gasteiger partial charge >= 0.3 is 5.97 Å². The molecule has 106 valence electrons. The molecule has 0 aliphatic rings. The average Bonchev–Trinajstić information content (AvgIpc) is 2.36. The van der Waals surface area contributed by atoms with Crippen molar-refractivity contribution in [2.75, 3.05) is 20.3 Å². The topological polar surface area (TPSA) is 65.0 Å². The Bertz CT molecular complexity index is 416. The van der Waals surface area contributed by atoms with E-state index in [0.717, 1.165) is 6.42 Å². The largest absolute Gasteiger partial charge is 0.493 e. The Labute approximate surface area is 113 Å². The zero-order chi connectivity index (χ0) is 14.3. The molecule has 0 aliphatic carbocycles. The number of rotatable bonds is 8. The number of benzene rings is 1. The van der Waals surface area contributed by atoms with Gasteiger partial charge in [-0.15, -0.1) is 0 Å². The normalized spacial score (nSPS) is 11.9. The Hall–Kier alpha value is -1.75. The van der Waals surface area contributed by atoms with Crippen molar-refractivity contribution in [1.82, 2.24) is 0 Å². The third-order valence-electron chi connectivity index (χ3n) is 2.39. The molecule has 0 spiro atoms. The van der Waals surface area contributed by atoms with Crippen molar-refractivity contribution >= 4 is 5.97 Å². The standard InChI is InChI=1S/C14H20O5/c1-4-7-18-11-5-6-12(14(15)16)13(8-11)19-10(2)9-17-3/h5-6,8,10H,4,7,9H2,1-3H3,(H,15,16). The maximum Gasteiger partial charge on any atom is 0.339 e. The molecule has 1 unspecified atom stereocenters. The second-order valence-electron chi connectivity index (χ2n) is 4.20. The van der Waals surface area contributed by atoms with Crippen molar-refractivity contribution in [2.24, 2.45) is 0 Å². The molecule has 0 aromatic heterocycles. The van der Waals surface area contributed by atoms with Crippen LogP contribution >= 0.6 is 0 Å². The van der Waals surface area contributed by atoms with E-state index in [9.17, 15) is 4.79 Å². The lowest BCUT2D eigenvalue weighted by Gasteiger charge is -2.16. The van der Waals surface area contributed by atoms with Gasteiger partial charge in [0.2, 0.25) is 0 Å². The monoisotopic (exact) mass is 268 g/mol. The first kappa shape index (κ1) is 15.3. The lowest BCUT2D eigenvalue weighted by Crippen LogP contribution is -2.19. The SMILES string of the molecule is CCCOc1ccc(C(=O)O)c(OC(C)COC)c1. The van der Waals surface area contributed by atoms with Crippen LogP contribution in [0.3, 0.4) is 0 Å². The lowest BCUT2D eigenvalue weighted by atomic mass is 10.2. The summed E-state index contributed by atoms with van der Waals surface area (Å²) < 4.78 is 16.0. The van der Waals surface area contributed by atoms with E-state index in [1.807, 2.05) is 13.8 Å². The van der Waals surface area contributed by atoms with Gasteiger partial charge in [-0.3, -0.25) is 0 Å². The molecular weight excluding hydrogens is 248 g/mol. The van der Waals surface area contributed by atoms with E-state index in [4.69, 9.17) is 19.3 Å². The number of carboxylic acid groups (broad SMARTS) is 1. The third kappa shape index (κ3) is 4.79. The number of carbonyl (C=O) groups is 1. The molecule has 1 rings (SSSR count). The molecule has 5 heteroatoms. The third-order valence-corrected chi connectivity index (χ3v) is 2.39. The maximum atomic E-state index is 11.1.